The van der Waals surface area contributed by atoms with Crippen LogP contribution in [0.25, 0.3) is 0 Å². The van der Waals surface area contributed by atoms with Gasteiger partial charge in [0.25, 0.3) is 0 Å². The molecule has 0 aliphatic heterocycles. The molecule has 0 aliphatic rings. The fourth-order valence-corrected chi connectivity index (χ4v) is 16.1. The fraction of sp³-hybridized carbons (Fsp3) is 0.957. The molecule has 0 heterocycles. The number of aliphatic hydroxyl groups is 1. The summed E-state index contributed by atoms with van der Waals surface area (Å²) in [5.74, 6) is 0.437. The van der Waals surface area contributed by atoms with E-state index in [1.165, 1.54) is 308 Å². The second-order valence-electron chi connectivity index (χ2n) is 34.4. The number of rotatable bonds is 91. The van der Waals surface area contributed by atoms with Crippen LogP contribution >= 0.6 is 15.6 Å². The molecule has 112 heavy (non-hydrogen) atoms. The maximum Gasteiger partial charge on any atom is 0.472 e. The molecular formula is C93H182O17P2. The van der Waals surface area contributed by atoms with E-state index in [0.717, 1.165) is 108 Å². The van der Waals surface area contributed by atoms with E-state index >= 15 is 0 Å². The van der Waals surface area contributed by atoms with Gasteiger partial charge in [-0.2, -0.15) is 0 Å². The van der Waals surface area contributed by atoms with Crippen LogP contribution in [0.5, 0.6) is 0 Å². The SMILES string of the molecule is CCCCCCCCCCCCCCC(=O)OC[C@H](COP(=O)(O)OC[C@H](O)COP(=O)(O)OC[C@@H](COC(=O)CCCCCCCCCCCCCCCCCCCCC(C)CC)OC(=O)CCCCCCCCCCCCCCCCCCCCC(C)CC)OC(=O)CCCCCCCCCCCCCCCC(C)C. The summed E-state index contributed by atoms with van der Waals surface area (Å²) in [5.41, 5.74) is 0. The van der Waals surface area contributed by atoms with Gasteiger partial charge in [-0.05, 0) is 43.4 Å². The van der Waals surface area contributed by atoms with Crippen molar-refractivity contribution in [1.82, 2.24) is 0 Å². The number of aliphatic hydroxyl groups excluding tert-OH is 1. The number of phosphoric acid groups is 2. The van der Waals surface area contributed by atoms with Crippen molar-refractivity contribution in [2.45, 2.75) is 516 Å². The Kier molecular flexibility index (Phi) is 81.3. The summed E-state index contributed by atoms with van der Waals surface area (Å²) in [6, 6.07) is 0. The highest BCUT2D eigenvalue weighted by atomic mass is 31.2. The van der Waals surface area contributed by atoms with Gasteiger partial charge in [-0.1, -0.05) is 447 Å². The second-order valence-corrected chi connectivity index (χ2v) is 37.3. The van der Waals surface area contributed by atoms with Gasteiger partial charge < -0.3 is 33.8 Å². The third-order valence-corrected chi connectivity index (χ3v) is 24.5. The lowest BCUT2D eigenvalue weighted by Gasteiger charge is -2.21. The van der Waals surface area contributed by atoms with Gasteiger partial charge >= 0.3 is 39.5 Å². The number of esters is 4. The first-order valence-electron chi connectivity index (χ1n) is 47.9. The average molecular weight is 1630 g/mol. The molecule has 0 fully saturated rings. The van der Waals surface area contributed by atoms with Crippen molar-refractivity contribution in [1.29, 1.82) is 0 Å². The van der Waals surface area contributed by atoms with Gasteiger partial charge in [0.1, 0.15) is 19.3 Å². The van der Waals surface area contributed by atoms with Crippen LogP contribution < -0.4 is 0 Å². The first-order valence-corrected chi connectivity index (χ1v) is 50.9. The van der Waals surface area contributed by atoms with E-state index in [1.54, 1.807) is 0 Å². The molecule has 0 radical (unpaired) electrons. The molecule has 0 bridgehead atoms. The third kappa shape index (κ3) is 83.1. The summed E-state index contributed by atoms with van der Waals surface area (Å²) in [6.45, 7) is 12.2. The van der Waals surface area contributed by atoms with Crippen LogP contribution in [0, 0.1) is 17.8 Å². The zero-order chi connectivity index (χ0) is 82.2. The number of phosphoric ester groups is 2. The van der Waals surface area contributed by atoms with Gasteiger partial charge in [0, 0.05) is 25.7 Å². The standard InChI is InChI=1S/C93H182O17P2/c1-8-11-12-13-14-15-16-39-46-53-60-67-74-90(95)103-80-88(110-93(98)77-70-63-56-49-42-35-29-30-36-43-50-57-64-71-84(4)5)82-107-111(99,100)105-78-87(94)79-106-112(101,102)108-83-89(109-92(97)76-69-62-55-48-41-34-28-24-20-18-22-26-32-38-45-52-59-66-73-86(7)10-3)81-104-91(96)75-68-61-54-47-40-33-27-23-19-17-21-25-31-37-44-51-58-65-72-85(6)9-2/h84-89,94H,8-83H2,1-7H3,(H,99,100)(H,101,102)/t85?,86?,87-,88+,89+/m0/s1. The smallest absolute Gasteiger partial charge is 0.462 e. The molecule has 666 valence electrons. The second kappa shape index (κ2) is 82.7. The van der Waals surface area contributed by atoms with Gasteiger partial charge in [0.05, 0.1) is 26.4 Å². The molecule has 0 aromatic heterocycles. The largest absolute Gasteiger partial charge is 0.472 e. The van der Waals surface area contributed by atoms with Crippen molar-refractivity contribution in [3.63, 3.8) is 0 Å². The summed E-state index contributed by atoms with van der Waals surface area (Å²) in [7, 11) is -9.94. The van der Waals surface area contributed by atoms with E-state index < -0.39 is 97.5 Å². The van der Waals surface area contributed by atoms with Crippen LogP contribution in [0.4, 0.5) is 0 Å². The normalized spacial score (nSPS) is 14.2. The van der Waals surface area contributed by atoms with Gasteiger partial charge in [-0.25, -0.2) is 9.13 Å². The predicted molar refractivity (Wildman–Crippen MR) is 465 cm³/mol. The molecule has 0 aromatic carbocycles. The molecule has 17 nitrogen and oxygen atoms in total. The lowest BCUT2D eigenvalue weighted by Crippen LogP contribution is -2.30. The topological polar surface area (TPSA) is 237 Å². The first-order chi connectivity index (χ1) is 54.3. The molecule has 19 heteroatoms. The monoisotopic (exact) mass is 1630 g/mol. The van der Waals surface area contributed by atoms with E-state index in [2.05, 4.69) is 48.5 Å². The molecule has 0 rings (SSSR count). The summed E-state index contributed by atoms with van der Waals surface area (Å²) in [6.07, 6.45) is 76.3. The molecule has 0 aliphatic carbocycles. The van der Waals surface area contributed by atoms with E-state index in [1.807, 2.05) is 0 Å². The van der Waals surface area contributed by atoms with Crippen molar-refractivity contribution in [3.8, 4) is 0 Å². The van der Waals surface area contributed by atoms with Crippen LogP contribution in [-0.4, -0.2) is 96.7 Å². The highest BCUT2D eigenvalue weighted by molar-refractivity contribution is 7.47. The number of hydrogen-bond donors (Lipinski definition) is 3. The molecule has 0 spiro atoms. The van der Waals surface area contributed by atoms with E-state index in [4.69, 9.17) is 37.0 Å². The quantitative estimate of drug-likeness (QED) is 0.0222. The van der Waals surface area contributed by atoms with Gasteiger partial charge in [0.2, 0.25) is 0 Å². The Labute approximate surface area is 689 Å². The Morgan fingerprint density at radius 2 is 0.455 bits per heavy atom. The molecular weight excluding hydrogens is 1450 g/mol. The fourth-order valence-electron chi connectivity index (χ4n) is 14.5. The highest BCUT2D eigenvalue weighted by Crippen LogP contribution is 2.45. The minimum absolute atomic E-state index is 0.108. The van der Waals surface area contributed by atoms with Gasteiger partial charge in [0.15, 0.2) is 12.2 Å². The molecule has 4 unspecified atom stereocenters. The van der Waals surface area contributed by atoms with Crippen molar-refractivity contribution in [2.75, 3.05) is 39.6 Å². The minimum atomic E-state index is -4.97. The Bertz CT molecular complexity index is 2150. The van der Waals surface area contributed by atoms with Gasteiger partial charge in [-0.3, -0.25) is 37.3 Å². The van der Waals surface area contributed by atoms with Crippen LogP contribution in [0.15, 0.2) is 0 Å². The zero-order valence-electron chi connectivity index (χ0n) is 74.2. The first kappa shape index (κ1) is 110. The van der Waals surface area contributed by atoms with Crippen molar-refractivity contribution < 1.29 is 80.2 Å². The van der Waals surface area contributed by atoms with Crippen LogP contribution in [0.1, 0.15) is 498 Å². The van der Waals surface area contributed by atoms with E-state index in [-0.39, 0.29) is 25.7 Å². The third-order valence-electron chi connectivity index (χ3n) is 22.6. The average Bonchev–Trinajstić information content (AvgIpc) is 0.895. The van der Waals surface area contributed by atoms with E-state index in [0.29, 0.717) is 25.7 Å². The summed E-state index contributed by atoms with van der Waals surface area (Å²) >= 11 is 0. The van der Waals surface area contributed by atoms with Crippen molar-refractivity contribution in [2.24, 2.45) is 17.8 Å². The zero-order valence-corrected chi connectivity index (χ0v) is 75.9. The Balaban J connectivity index is 5.24. The lowest BCUT2D eigenvalue weighted by molar-refractivity contribution is -0.161. The van der Waals surface area contributed by atoms with Gasteiger partial charge in [-0.15, -0.1) is 0 Å². The predicted octanol–water partition coefficient (Wildman–Crippen LogP) is 28.8. The molecule has 0 saturated carbocycles. The van der Waals surface area contributed by atoms with Crippen molar-refractivity contribution in [3.05, 3.63) is 0 Å². The van der Waals surface area contributed by atoms with Crippen molar-refractivity contribution >= 4 is 39.5 Å². The molecule has 7 atom stereocenters. The molecule has 0 saturated heterocycles. The molecule has 0 amide bonds. The van der Waals surface area contributed by atoms with Crippen LogP contribution in [0.3, 0.4) is 0 Å². The van der Waals surface area contributed by atoms with Crippen LogP contribution in [-0.2, 0) is 65.4 Å². The maximum absolute atomic E-state index is 13.2. The number of ether oxygens (including phenoxy) is 4. The highest BCUT2D eigenvalue weighted by Gasteiger charge is 2.31. The maximum atomic E-state index is 13.2. The Hall–Kier alpha value is -1.94. The molecule has 0 aromatic rings. The Morgan fingerprint density at radius 1 is 0.259 bits per heavy atom. The summed E-state index contributed by atoms with van der Waals surface area (Å²) in [4.78, 5) is 73.5. The summed E-state index contributed by atoms with van der Waals surface area (Å²) in [5, 5.41) is 10.7. The summed E-state index contributed by atoms with van der Waals surface area (Å²) < 4.78 is 69.1. The number of hydrogen-bond acceptors (Lipinski definition) is 15. The number of carbonyl (C=O) groups excluding carboxylic acids is 4. The van der Waals surface area contributed by atoms with Crippen LogP contribution in [0.2, 0.25) is 0 Å². The number of unbranched alkanes of at least 4 members (excludes halogenated alkanes) is 57. The minimum Gasteiger partial charge on any atom is -0.462 e. The Morgan fingerprint density at radius 3 is 0.679 bits per heavy atom. The lowest BCUT2D eigenvalue weighted by atomic mass is 9.99. The molecule has 3 N–H and O–H groups in total. The number of carbonyl (C=O) groups is 4. The van der Waals surface area contributed by atoms with E-state index in [9.17, 15) is 43.2 Å².